The zero-order valence-corrected chi connectivity index (χ0v) is 17.7. The zero-order chi connectivity index (χ0) is 21.2. The third-order valence-corrected chi connectivity index (χ3v) is 9.38. The lowest BCUT2D eigenvalue weighted by molar-refractivity contribution is -0.146. The topological polar surface area (TPSA) is 91.7 Å². The number of aliphatic carboxylic acids is 2. The van der Waals surface area contributed by atoms with Gasteiger partial charge < -0.3 is 10.2 Å². The van der Waals surface area contributed by atoms with E-state index in [9.17, 15) is 24.6 Å². The van der Waals surface area contributed by atoms with Gasteiger partial charge in [-0.3, -0.25) is 14.4 Å². The molecule has 0 saturated heterocycles. The lowest BCUT2D eigenvalue weighted by Crippen LogP contribution is -2.51. The highest BCUT2D eigenvalue weighted by Gasteiger charge is 2.62. The average Bonchev–Trinajstić information content (AvgIpc) is 2.92. The van der Waals surface area contributed by atoms with E-state index in [2.05, 4.69) is 26.8 Å². The van der Waals surface area contributed by atoms with Crippen LogP contribution >= 0.6 is 0 Å². The quantitative estimate of drug-likeness (QED) is 0.672. The standard InChI is InChI=1S/C24H32O5/c1-22(9-7-19(26)27)8-5-18-20-16(21(28)29)13-14-12-15(25)4-10-23(14,2)17(20)6-11-24(18,22)3/h6,12,16,18,20H,4-5,7-11,13H2,1-3H3,(H,26,27)(H,28,29)/t16-,18?,20?,22?,23+,24+/m1/s1. The number of fused-ring (bicyclic) bond motifs is 5. The maximum atomic E-state index is 12.3. The van der Waals surface area contributed by atoms with Crippen molar-refractivity contribution in [2.45, 2.75) is 72.1 Å². The van der Waals surface area contributed by atoms with Crippen LogP contribution in [-0.4, -0.2) is 27.9 Å². The number of carbonyl (C=O) groups is 3. The van der Waals surface area contributed by atoms with Crippen molar-refractivity contribution in [2.75, 3.05) is 0 Å². The van der Waals surface area contributed by atoms with Crippen LogP contribution in [0.4, 0.5) is 0 Å². The third kappa shape index (κ3) is 2.83. The van der Waals surface area contributed by atoms with E-state index >= 15 is 0 Å². The highest BCUT2D eigenvalue weighted by molar-refractivity contribution is 5.92. The summed E-state index contributed by atoms with van der Waals surface area (Å²) in [5.74, 6) is -1.70. The Balaban J connectivity index is 1.78. The lowest BCUT2D eigenvalue weighted by Gasteiger charge is -2.57. The molecule has 6 atom stereocenters. The summed E-state index contributed by atoms with van der Waals surface area (Å²) >= 11 is 0. The molecular weight excluding hydrogens is 368 g/mol. The Hall–Kier alpha value is -1.91. The maximum Gasteiger partial charge on any atom is 0.307 e. The molecule has 2 fully saturated rings. The normalized spacial score (nSPS) is 43.6. The minimum atomic E-state index is -0.773. The second-order valence-corrected chi connectivity index (χ2v) is 10.5. The monoisotopic (exact) mass is 400 g/mol. The molecule has 0 radical (unpaired) electrons. The molecule has 0 bridgehead atoms. The Morgan fingerprint density at radius 1 is 1.17 bits per heavy atom. The van der Waals surface area contributed by atoms with Crippen LogP contribution in [0.3, 0.4) is 0 Å². The predicted molar refractivity (Wildman–Crippen MR) is 108 cm³/mol. The number of allylic oxidation sites excluding steroid dienone is 4. The summed E-state index contributed by atoms with van der Waals surface area (Å²) in [5.41, 5.74) is 1.85. The summed E-state index contributed by atoms with van der Waals surface area (Å²) < 4.78 is 0. The molecule has 4 rings (SSSR count). The largest absolute Gasteiger partial charge is 0.481 e. The van der Waals surface area contributed by atoms with Crippen LogP contribution in [0.2, 0.25) is 0 Å². The molecule has 29 heavy (non-hydrogen) atoms. The van der Waals surface area contributed by atoms with Gasteiger partial charge in [0.05, 0.1) is 5.92 Å². The number of hydrogen-bond acceptors (Lipinski definition) is 3. The van der Waals surface area contributed by atoms with Crippen molar-refractivity contribution in [1.29, 1.82) is 0 Å². The molecule has 4 aliphatic carbocycles. The molecule has 0 aliphatic heterocycles. The summed E-state index contributed by atoms with van der Waals surface area (Å²) in [4.78, 5) is 35.6. The van der Waals surface area contributed by atoms with Crippen molar-refractivity contribution < 1.29 is 24.6 Å². The molecule has 0 aromatic carbocycles. The SMILES string of the molecule is CC1(CCC(=O)O)CCC2C3C(=CC[C@@]21C)[C@@]1(C)CCC(=O)C=C1C[C@H]3C(=O)O. The molecule has 0 amide bonds. The molecule has 2 N–H and O–H groups in total. The molecule has 4 aliphatic rings. The van der Waals surface area contributed by atoms with E-state index in [-0.39, 0.29) is 40.3 Å². The van der Waals surface area contributed by atoms with Crippen molar-refractivity contribution in [3.05, 3.63) is 23.3 Å². The fourth-order valence-electron chi connectivity index (χ4n) is 7.24. The van der Waals surface area contributed by atoms with E-state index in [4.69, 9.17) is 0 Å². The maximum absolute atomic E-state index is 12.3. The van der Waals surface area contributed by atoms with Crippen molar-refractivity contribution in [3.63, 3.8) is 0 Å². The van der Waals surface area contributed by atoms with E-state index in [1.165, 1.54) is 5.57 Å². The molecular formula is C24H32O5. The number of carboxylic acid groups (broad SMARTS) is 2. The van der Waals surface area contributed by atoms with Crippen LogP contribution in [0, 0.1) is 34.0 Å². The van der Waals surface area contributed by atoms with Crippen molar-refractivity contribution in [3.8, 4) is 0 Å². The summed E-state index contributed by atoms with van der Waals surface area (Å²) in [5, 5.41) is 19.3. The Kier molecular flexibility index (Phi) is 4.60. The van der Waals surface area contributed by atoms with Crippen molar-refractivity contribution in [2.24, 2.45) is 34.0 Å². The number of hydrogen-bond donors (Lipinski definition) is 2. The van der Waals surface area contributed by atoms with Crippen LogP contribution in [0.15, 0.2) is 23.3 Å². The van der Waals surface area contributed by atoms with Gasteiger partial charge in [-0.15, -0.1) is 0 Å². The number of carboxylic acids is 2. The van der Waals surface area contributed by atoms with Gasteiger partial charge in [0.25, 0.3) is 0 Å². The highest BCUT2D eigenvalue weighted by atomic mass is 16.4. The van der Waals surface area contributed by atoms with E-state index in [1.807, 2.05) is 0 Å². The second-order valence-electron chi connectivity index (χ2n) is 10.5. The minimum absolute atomic E-state index is 0.0201. The average molecular weight is 401 g/mol. The molecule has 0 aromatic heterocycles. The Labute approximate surface area is 172 Å². The second kappa shape index (κ2) is 6.55. The molecule has 3 unspecified atom stereocenters. The van der Waals surface area contributed by atoms with Gasteiger partial charge in [-0.2, -0.15) is 0 Å². The molecule has 0 aromatic rings. The van der Waals surface area contributed by atoms with E-state index in [1.54, 1.807) is 6.08 Å². The molecule has 2 saturated carbocycles. The zero-order valence-electron chi connectivity index (χ0n) is 17.7. The lowest BCUT2D eigenvalue weighted by atomic mass is 9.47. The highest BCUT2D eigenvalue weighted by Crippen LogP contribution is 2.69. The van der Waals surface area contributed by atoms with Gasteiger partial charge in [0.15, 0.2) is 5.78 Å². The Morgan fingerprint density at radius 2 is 1.90 bits per heavy atom. The van der Waals surface area contributed by atoms with Gasteiger partial charge in [0, 0.05) is 18.3 Å². The van der Waals surface area contributed by atoms with Gasteiger partial charge in [-0.25, -0.2) is 0 Å². The molecule has 0 heterocycles. The minimum Gasteiger partial charge on any atom is -0.481 e. The van der Waals surface area contributed by atoms with Crippen LogP contribution in [0.25, 0.3) is 0 Å². The van der Waals surface area contributed by atoms with Gasteiger partial charge in [0.2, 0.25) is 0 Å². The van der Waals surface area contributed by atoms with Crippen molar-refractivity contribution >= 4 is 17.7 Å². The first-order valence-electron chi connectivity index (χ1n) is 10.9. The van der Waals surface area contributed by atoms with Crippen molar-refractivity contribution in [1.82, 2.24) is 0 Å². The smallest absolute Gasteiger partial charge is 0.307 e. The van der Waals surface area contributed by atoms with Gasteiger partial charge in [-0.05, 0) is 67.3 Å². The first-order valence-corrected chi connectivity index (χ1v) is 10.9. The van der Waals surface area contributed by atoms with Gasteiger partial charge >= 0.3 is 11.9 Å². The summed E-state index contributed by atoms with van der Waals surface area (Å²) in [6.45, 7) is 6.67. The predicted octanol–water partition coefficient (Wildman–Crippen LogP) is 4.62. The van der Waals surface area contributed by atoms with Gasteiger partial charge in [-0.1, -0.05) is 38.0 Å². The fraction of sp³-hybridized carbons (Fsp3) is 0.708. The summed E-state index contributed by atoms with van der Waals surface area (Å²) in [6, 6.07) is 0. The summed E-state index contributed by atoms with van der Waals surface area (Å²) in [7, 11) is 0. The van der Waals surface area contributed by atoms with E-state index in [0.717, 1.165) is 31.3 Å². The van der Waals surface area contributed by atoms with Crippen LogP contribution in [0.1, 0.15) is 72.1 Å². The van der Waals surface area contributed by atoms with E-state index < -0.39 is 17.9 Å². The third-order valence-electron chi connectivity index (χ3n) is 9.38. The molecule has 158 valence electrons. The number of ketones is 1. The molecule has 0 spiro atoms. The number of carbonyl (C=O) groups excluding carboxylic acids is 1. The van der Waals surface area contributed by atoms with Gasteiger partial charge in [0.1, 0.15) is 0 Å². The fourth-order valence-corrected chi connectivity index (χ4v) is 7.24. The van der Waals surface area contributed by atoms with E-state index in [0.29, 0.717) is 19.3 Å². The van der Waals surface area contributed by atoms with Crippen LogP contribution < -0.4 is 0 Å². The Bertz CT molecular complexity index is 838. The first kappa shape index (κ1) is 20.4. The molecule has 5 heteroatoms. The summed E-state index contributed by atoms with van der Waals surface area (Å²) in [6.07, 6.45) is 9.32. The first-order chi connectivity index (χ1) is 13.5. The number of rotatable bonds is 4. The molecule has 5 nitrogen and oxygen atoms in total. The van der Waals surface area contributed by atoms with Crippen LogP contribution in [0.5, 0.6) is 0 Å². The Morgan fingerprint density at radius 3 is 2.55 bits per heavy atom. The van der Waals surface area contributed by atoms with Crippen LogP contribution in [-0.2, 0) is 14.4 Å².